The number of hydrogen-bond acceptors (Lipinski definition) is 4. The summed E-state index contributed by atoms with van der Waals surface area (Å²) in [6.45, 7) is -0.527. The molecule has 2 amide bonds. The Morgan fingerprint density at radius 2 is 1.88 bits per heavy atom. The molecule has 0 spiro atoms. The van der Waals surface area contributed by atoms with E-state index < -0.39 is 51.3 Å². The van der Waals surface area contributed by atoms with E-state index in [-0.39, 0.29) is 24.1 Å². The lowest BCUT2D eigenvalue weighted by molar-refractivity contribution is -0.894. The predicted octanol–water partition coefficient (Wildman–Crippen LogP) is -1.14. The number of anilines is 1. The van der Waals surface area contributed by atoms with Crippen LogP contribution in [0.2, 0.25) is 0 Å². The smallest absolute Gasteiger partial charge is 0.275 e. The molecule has 144 valence electrons. The minimum Gasteiger partial charge on any atom is -0.342 e. The summed E-state index contributed by atoms with van der Waals surface area (Å²) in [5.74, 6) is -5.81. The van der Waals surface area contributed by atoms with Gasteiger partial charge in [-0.25, -0.2) is 21.6 Å². The third kappa shape index (κ3) is 5.18. The summed E-state index contributed by atoms with van der Waals surface area (Å²) >= 11 is 0. The van der Waals surface area contributed by atoms with Crippen LogP contribution in [-0.2, 0) is 19.4 Å². The van der Waals surface area contributed by atoms with E-state index in [1.54, 1.807) is 7.05 Å². The fraction of sp³-hybridized carbons (Fsp3) is 0.467. The largest absolute Gasteiger partial charge is 0.342 e. The number of carbonyl (C=O) groups is 2. The average molecular weight is 394 g/mol. The molecule has 3 N–H and O–H groups in total. The minimum atomic E-state index is -3.06. The van der Waals surface area contributed by atoms with Crippen LogP contribution < -0.4 is 15.5 Å². The number of sulfone groups is 1. The lowest BCUT2D eigenvalue weighted by Gasteiger charge is -2.19. The highest BCUT2D eigenvalue weighted by molar-refractivity contribution is 7.91. The van der Waals surface area contributed by atoms with E-state index in [2.05, 4.69) is 5.32 Å². The summed E-state index contributed by atoms with van der Waals surface area (Å²) in [4.78, 5) is 24.3. The third-order valence-corrected chi connectivity index (χ3v) is 5.89. The van der Waals surface area contributed by atoms with Gasteiger partial charge < -0.3 is 15.5 Å². The Labute approximate surface area is 148 Å². The van der Waals surface area contributed by atoms with E-state index in [9.17, 15) is 31.2 Å². The molecule has 1 aliphatic rings. The van der Waals surface area contributed by atoms with Gasteiger partial charge in [-0.2, -0.15) is 0 Å². The first-order valence-electron chi connectivity index (χ1n) is 7.82. The van der Waals surface area contributed by atoms with Crippen molar-refractivity contribution in [1.82, 2.24) is 5.32 Å². The van der Waals surface area contributed by atoms with Crippen molar-refractivity contribution in [2.24, 2.45) is 0 Å². The highest BCUT2D eigenvalue weighted by atomic mass is 32.2. The molecule has 1 unspecified atom stereocenters. The molecule has 26 heavy (non-hydrogen) atoms. The molecule has 2 atom stereocenters. The summed E-state index contributed by atoms with van der Waals surface area (Å²) in [6, 6.07) is 1.35. The highest BCUT2D eigenvalue weighted by Crippen LogP contribution is 2.19. The van der Waals surface area contributed by atoms with E-state index in [0.29, 0.717) is 17.4 Å². The Morgan fingerprint density at radius 3 is 2.50 bits per heavy atom. The monoisotopic (exact) mass is 394 g/mol. The number of halogens is 3. The van der Waals surface area contributed by atoms with Crippen LogP contribution in [0.5, 0.6) is 0 Å². The maximum Gasteiger partial charge on any atom is 0.275 e. The van der Waals surface area contributed by atoms with Gasteiger partial charge in [0.1, 0.15) is 11.8 Å². The number of benzene rings is 1. The fourth-order valence-electron chi connectivity index (χ4n) is 2.64. The highest BCUT2D eigenvalue weighted by Gasteiger charge is 2.34. The van der Waals surface area contributed by atoms with Crippen LogP contribution in [0.3, 0.4) is 0 Å². The van der Waals surface area contributed by atoms with Gasteiger partial charge in [-0.15, -0.1) is 0 Å². The summed E-state index contributed by atoms with van der Waals surface area (Å²) < 4.78 is 62.3. The van der Waals surface area contributed by atoms with Gasteiger partial charge in [0.25, 0.3) is 5.91 Å². The molecule has 2 rings (SSSR count). The zero-order valence-corrected chi connectivity index (χ0v) is 14.8. The molecule has 1 saturated heterocycles. The van der Waals surface area contributed by atoms with Crippen molar-refractivity contribution in [2.45, 2.75) is 12.5 Å². The van der Waals surface area contributed by atoms with Gasteiger partial charge in [0.2, 0.25) is 5.91 Å². The van der Waals surface area contributed by atoms with E-state index in [4.69, 9.17) is 0 Å². The summed E-state index contributed by atoms with van der Waals surface area (Å²) in [5.41, 5.74) is -0.540. The standard InChI is InChI=1S/C15H18F3N3O4S/c1-21(9-4-5-26(24,25)8-9)7-13(23)19-6-12(22)20-11-3-2-10(16)14(17)15(11)18/h2-3,9H,4-8H2,1H3,(H,19,23)(H,20,22)/p+1/t9-/m1/s1. The van der Waals surface area contributed by atoms with Crippen LogP contribution in [0.4, 0.5) is 18.9 Å². The maximum absolute atomic E-state index is 13.5. The van der Waals surface area contributed by atoms with Crippen molar-refractivity contribution in [3.05, 3.63) is 29.6 Å². The summed E-state index contributed by atoms with van der Waals surface area (Å²) in [7, 11) is -1.37. The molecular weight excluding hydrogens is 375 g/mol. The first kappa shape index (κ1) is 20.2. The third-order valence-electron chi connectivity index (χ3n) is 4.12. The van der Waals surface area contributed by atoms with Crippen molar-refractivity contribution >= 4 is 27.3 Å². The molecule has 0 aromatic heterocycles. The number of rotatable bonds is 6. The number of amides is 2. The van der Waals surface area contributed by atoms with Gasteiger partial charge in [0, 0.05) is 6.42 Å². The second-order valence-corrected chi connectivity index (χ2v) is 8.40. The van der Waals surface area contributed by atoms with Crippen LogP contribution in [0.1, 0.15) is 6.42 Å². The van der Waals surface area contributed by atoms with E-state index in [1.807, 2.05) is 5.32 Å². The summed E-state index contributed by atoms with van der Waals surface area (Å²) in [6.07, 6.45) is 0.470. The van der Waals surface area contributed by atoms with Crippen molar-refractivity contribution in [1.29, 1.82) is 0 Å². The SMILES string of the molecule is C[NH+](CC(=O)NCC(=O)Nc1ccc(F)c(F)c1F)[C@@H]1CCS(=O)(=O)C1. The quantitative estimate of drug-likeness (QED) is 0.532. The first-order chi connectivity index (χ1) is 12.1. The van der Waals surface area contributed by atoms with Gasteiger partial charge in [-0.3, -0.25) is 9.59 Å². The van der Waals surface area contributed by atoms with Crippen molar-refractivity contribution in [2.75, 3.05) is 37.0 Å². The van der Waals surface area contributed by atoms with Crippen LogP contribution in [0, 0.1) is 17.5 Å². The van der Waals surface area contributed by atoms with E-state index in [1.165, 1.54) is 0 Å². The molecule has 0 aliphatic carbocycles. The molecule has 1 aliphatic heterocycles. The second-order valence-electron chi connectivity index (χ2n) is 6.17. The molecule has 0 saturated carbocycles. The normalized spacial score (nSPS) is 19.8. The second kappa shape index (κ2) is 8.04. The first-order valence-corrected chi connectivity index (χ1v) is 9.64. The Bertz CT molecular complexity index is 817. The van der Waals surface area contributed by atoms with E-state index >= 15 is 0 Å². The minimum absolute atomic E-state index is 0.0159. The van der Waals surface area contributed by atoms with Gasteiger partial charge in [-0.05, 0) is 12.1 Å². The van der Waals surface area contributed by atoms with Gasteiger partial charge in [0.15, 0.2) is 33.8 Å². The molecule has 1 heterocycles. The zero-order chi connectivity index (χ0) is 19.5. The number of likely N-dealkylation sites (N-methyl/N-ethyl adjacent to an activating group) is 1. The molecule has 0 bridgehead atoms. The number of quaternary nitrogens is 1. The van der Waals surface area contributed by atoms with Crippen LogP contribution in [0.25, 0.3) is 0 Å². The molecule has 11 heteroatoms. The average Bonchev–Trinajstić information content (AvgIpc) is 2.93. The molecule has 0 radical (unpaired) electrons. The van der Waals surface area contributed by atoms with Crippen LogP contribution in [-0.4, -0.2) is 57.9 Å². The van der Waals surface area contributed by atoms with Crippen LogP contribution in [0.15, 0.2) is 12.1 Å². The molecule has 7 nitrogen and oxygen atoms in total. The molecule has 1 aromatic rings. The van der Waals surface area contributed by atoms with Crippen LogP contribution >= 0.6 is 0 Å². The molecular formula is C15H19F3N3O4S+. The maximum atomic E-state index is 13.5. The Morgan fingerprint density at radius 1 is 1.19 bits per heavy atom. The van der Waals surface area contributed by atoms with Crippen molar-refractivity contribution < 1.29 is 36.1 Å². The Hall–Kier alpha value is -2.14. The predicted molar refractivity (Wildman–Crippen MR) is 86.8 cm³/mol. The molecule has 1 fully saturated rings. The lowest BCUT2D eigenvalue weighted by Crippen LogP contribution is -3.14. The molecule has 1 aromatic carbocycles. The summed E-state index contributed by atoms with van der Waals surface area (Å²) in [5, 5.41) is 4.34. The van der Waals surface area contributed by atoms with Crippen molar-refractivity contribution in [3.63, 3.8) is 0 Å². The Kier molecular flexibility index (Phi) is 6.24. The fourth-order valence-corrected chi connectivity index (χ4v) is 4.51. The number of hydrogen-bond donors (Lipinski definition) is 3. The van der Waals surface area contributed by atoms with Gasteiger partial charge >= 0.3 is 0 Å². The Balaban J connectivity index is 1.80. The zero-order valence-electron chi connectivity index (χ0n) is 13.9. The van der Waals surface area contributed by atoms with Crippen molar-refractivity contribution in [3.8, 4) is 0 Å². The number of nitrogens with one attached hydrogen (secondary N) is 3. The lowest BCUT2D eigenvalue weighted by atomic mass is 10.2. The van der Waals surface area contributed by atoms with Gasteiger partial charge in [0.05, 0.1) is 25.0 Å². The van der Waals surface area contributed by atoms with Gasteiger partial charge in [-0.1, -0.05) is 0 Å². The topological polar surface area (TPSA) is 96.8 Å². The van der Waals surface area contributed by atoms with E-state index in [0.717, 1.165) is 6.07 Å². The number of carbonyl (C=O) groups excluding carboxylic acids is 2.